The molecule has 0 fully saturated rings. The summed E-state index contributed by atoms with van der Waals surface area (Å²) in [5.74, 6) is -0.615. The number of nitrogens with zero attached hydrogens (tertiary/aromatic N) is 2. The van der Waals surface area contributed by atoms with Crippen LogP contribution in [0.25, 0.3) is 0 Å². The molecule has 0 unspecified atom stereocenters. The number of benzene rings is 1. The van der Waals surface area contributed by atoms with E-state index in [1.807, 2.05) is 0 Å². The number of ether oxygens (including phenoxy) is 1. The maximum Gasteiger partial charge on any atom is 0.259 e. The van der Waals surface area contributed by atoms with Gasteiger partial charge in [0.1, 0.15) is 11.4 Å². The lowest BCUT2D eigenvalue weighted by atomic mass is 10.2. The second-order valence-corrected chi connectivity index (χ2v) is 5.52. The minimum Gasteiger partial charge on any atom is -0.480 e. The Bertz CT molecular complexity index is 690. The second kappa shape index (κ2) is 6.94. The lowest BCUT2D eigenvalue weighted by molar-refractivity contribution is 0.0780. The summed E-state index contributed by atoms with van der Waals surface area (Å²) in [6, 6.07) is 5.60. The molecule has 0 spiro atoms. The molecule has 1 heterocycles. The molecule has 0 saturated heterocycles. The fourth-order valence-corrected chi connectivity index (χ4v) is 2.40. The van der Waals surface area contributed by atoms with E-state index in [4.69, 9.17) is 27.9 Å². The molecule has 7 heteroatoms. The smallest absolute Gasteiger partial charge is 0.259 e. The summed E-state index contributed by atoms with van der Waals surface area (Å²) in [7, 11) is 3.00. The van der Waals surface area contributed by atoms with Crippen LogP contribution in [0.15, 0.2) is 30.5 Å². The molecule has 0 aliphatic rings. The van der Waals surface area contributed by atoms with E-state index < -0.39 is 5.82 Å². The fourth-order valence-electron chi connectivity index (χ4n) is 2.00. The highest BCUT2D eigenvalue weighted by Crippen LogP contribution is 2.22. The van der Waals surface area contributed by atoms with E-state index >= 15 is 0 Å². The first-order valence-electron chi connectivity index (χ1n) is 6.30. The number of methoxy groups -OCH3 is 1. The van der Waals surface area contributed by atoms with Crippen molar-refractivity contribution in [3.63, 3.8) is 0 Å². The quantitative estimate of drug-likeness (QED) is 0.848. The van der Waals surface area contributed by atoms with Crippen LogP contribution in [0.3, 0.4) is 0 Å². The van der Waals surface area contributed by atoms with Gasteiger partial charge >= 0.3 is 0 Å². The first kappa shape index (κ1) is 16.5. The molecule has 2 aromatic rings. The van der Waals surface area contributed by atoms with Gasteiger partial charge in [-0.25, -0.2) is 9.37 Å². The minimum absolute atomic E-state index is 0.179. The number of rotatable bonds is 4. The van der Waals surface area contributed by atoms with Crippen LogP contribution < -0.4 is 4.74 Å². The molecular weight excluding hydrogens is 330 g/mol. The maximum atomic E-state index is 13.3. The van der Waals surface area contributed by atoms with E-state index in [-0.39, 0.29) is 28.9 Å². The highest BCUT2D eigenvalue weighted by molar-refractivity contribution is 6.31. The van der Waals surface area contributed by atoms with Gasteiger partial charge in [0.25, 0.3) is 5.91 Å². The molecule has 0 radical (unpaired) electrons. The molecule has 0 N–H and O–H groups in total. The van der Waals surface area contributed by atoms with Gasteiger partial charge in [0.05, 0.1) is 12.1 Å². The molecule has 1 amide bonds. The highest BCUT2D eigenvalue weighted by Gasteiger charge is 2.19. The summed E-state index contributed by atoms with van der Waals surface area (Å²) in [4.78, 5) is 17.8. The molecule has 0 atom stereocenters. The topological polar surface area (TPSA) is 42.4 Å². The normalized spacial score (nSPS) is 10.4. The number of hydrogen-bond donors (Lipinski definition) is 0. The fraction of sp³-hybridized carbons (Fsp3) is 0.200. The summed E-state index contributed by atoms with van der Waals surface area (Å²) < 4.78 is 18.4. The van der Waals surface area contributed by atoms with Gasteiger partial charge in [-0.2, -0.15) is 0 Å². The van der Waals surface area contributed by atoms with Crippen molar-refractivity contribution in [3.8, 4) is 5.88 Å². The van der Waals surface area contributed by atoms with Crippen molar-refractivity contribution in [2.45, 2.75) is 6.54 Å². The third kappa shape index (κ3) is 3.87. The van der Waals surface area contributed by atoms with Crippen molar-refractivity contribution in [2.75, 3.05) is 14.2 Å². The lowest BCUT2D eigenvalue weighted by Gasteiger charge is -2.18. The summed E-state index contributed by atoms with van der Waals surface area (Å²) in [6.45, 7) is 0.186. The molecular formula is C15H13Cl2FN2O2. The van der Waals surface area contributed by atoms with Crippen LogP contribution in [-0.2, 0) is 6.54 Å². The summed E-state index contributed by atoms with van der Waals surface area (Å²) in [5.41, 5.74) is 0.815. The Morgan fingerprint density at radius 2 is 2.00 bits per heavy atom. The third-order valence-electron chi connectivity index (χ3n) is 2.93. The van der Waals surface area contributed by atoms with E-state index in [2.05, 4.69) is 4.98 Å². The Morgan fingerprint density at radius 1 is 1.27 bits per heavy atom. The monoisotopic (exact) mass is 342 g/mol. The maximum absolute atomic E-state index is 13.3. The van der Waals surface area contributed by atoms with Gasteiger partial charge in [-0.15, -0.1) is 0 Å². The summed E-state index contributed by atoms with van der Waals surface area (Å²) >= 11 is 11.7. The van der Waals surface area contributed by atoms with E-state index in [0.717, 1.165) is 0 Å². The lowest BCUT2D eigenvalue weighted by Crippen LogP contribution is -2.27. The van der Waals surface area contributed by atoms with Crippen LogP contribution in [0.2, 0.25) is 10.0 Å². The number of halogens is 3. The van der Waals surface area contributed by atoms with E-state index in [0.29, 0.717) is 10.6 Å². The molecule has 2 rings (SSSR count). The Morgan fingerprint density at radius 3 is 2.64 bits per heavy atom. The van der Waals surface area contributed by atoms with Crippen molar-refractivity contribution in [3.05, 3.63) is 57.5 Å². The Kier molecular flexibility index (Phi) is 5.21. The van der Waals surface area contributed by atoms with E-state index in [1.165, 1.54) is 36.4 Å². The molecule has 0 aliphatic heterocycles. The summed E-state index contributed by atoms with van der Waals surface area (Å²) in [6.07, 6.45) is 1.39. The molecule has 4 nitrogen and oxygen atoms in total. The predicted molar refractivity (Wildman–Crippen MR) is 83.0 cm³/mol. The average molecular weight is 343 g/mol. The van der Waals surface area contributed by atoms with Crippen LogP contribution in [-0.4, -0.2) is 29.9 Å². The Hall–Kier alpha value is -1.85. The first-order valence-corrected chi connectivity index (χ1v) is 7.06. The molecule has 116 valence electrons. The number of amides is 1. The number of carbonyl (C=O) groups excluding carboxylic acids is 1. The third-order valence-corrected chi connectivity index (χ3v) is 3.36. The second-order valence-electron chi connectivity index (χ2n) is 4.65. The van der Waals surface area contributed by atoms with Gasteiger partial charge in [0, 0.05) is 24.8 Å². The van der Waals surface area contributed by atoms with E-state index in [1.54, 1.807) is 13.1 Å². The minimum atomic E-state index is -0.453. The molecule has 0 aliphatic carbocycles. The highest BCUT2D eigenvalue weighted by atomic mass is 35.5. The largest absolute Gasteiger partial charge is 0.480 e. The first-order chi connectivity index (χ1) is 10.4. The average Bonchev–Trinajstić information content (AvgIpc) is 2.45. The molecule has 0 bridgehead atoms. The van der Waals surface area contributed by atoms with Crippen molar-refractivity contribution >= 4 is 29.1 Å². The van der Waals surface area contributed by atoms with Gasteiger partial charge in [0.15, 0.2) is 0 Å². The SMILES string of the molecule is COc1ncc(Cl)cc1C(=O)N(C)Cc1cc(F)cc(Cl)c1. The number of pyridine rings is 1. The standard InChI is InChI=1S/C15H13Cl2FN2O2/c1-20(8-9-3-10(16)5-12(18)4-9)15(21)13-6-11(17)7-19-14(13)22-2/h3-7H,8H2,1-2H3. The number of carbonyl (C=O) groups is 1. The zero-order valence-electron chi connectivity index (χ0n) is 11.9. The van der Waals surface area contributed by atoms with Crippen molar-refractivity contribution in [2.24, 2.45) is 0 Å². The summed E-state index contributed by atoms with van der Waals surface area (Å²) in [5, 5.41) is 0.601. The van der Waals surface area contributed by atoms with Gasteiger partial charge in [-0.05, 0) is 29.8 Å². The molecule has 0 saturated carbocycles. The van der Waals surface area contributed by atoms with Gasteiger partial charge < -0.3 is 9.64 Å². The Labute approximate surface area is 137 Å². The van der Waals surface area contributed by atoms with E-state index in [9.17, 15) is 9.18 Å². The van der Waals surface area contributed by atoms with Crippen LogP contribution in [0.4, 0.5) is 4.39 Å². The van der Waals surface area contributed by atoms with Crippen LogP contribution >= 0.6 is 23.2 Å². The van der Waals surface area contributed by atoms with Crippen LogP contribution in [0.1, 0.15) is 15.9 Å². The van der Waals surface area contributed by atoms with Gasteiger partial charge in [0.2, 0.25) is 5.88 Å². The number of aromatic nitrogens is 1. The molecule has 22 heavy (non-hydrogen) atoms. The molecule has 1 aromatic heterocycles. The van der Waals surface area contributed by atoms with Gasteiger partial charge in [-0.1, -0.05) is 23.2 Å². The zero-order valence-corrected chi connectivity index (χ0v) is 13.5. The molecule has 1 aromatic carbocycles. The van der Waals surface area contributed by atoms with Crippen molar-refractivity contribution in [1.29, 1.82) is 0 Å². The van der Waals surface area contributed by atoms with Crippen LogP contribution in [0.5, 0.6) is 5.88 Å². The van der Waals surface area contributed by atoms with Gasteiger partial charge in [-0.3, -0.25) is 4.79 Å². The van der Waals surface area contributed by atoms with Crippen molar-refractivity contribution in [1.82, 2.24) is 9.88 Å². The Balaban J connectivity index is 2.24. The predicted octanol–water partition coefficient (Wildman–Crippen LogP) is 3.81. The van der Waals surface area contributed by atoms with Crippen LogP contribution in [0, 0.1) is 5.82 Å². The number of hydrogen-bond acceptors (Lipinski definition) is 3. The van der Waals surface area contributed by atoms with Crippen molar-refractivity contribution < 1.29 is 13.9 Å². The zero-order chi connectivity index (χ0) is 16.3.